The van der Waals surface area contributed by atoms with Gasteiger partial charge in [0.05, 0.1) is 0 Å². The first-order chi connectivity index (χ1) is 14.7. The Hall–Kier alpha value is -2.86. The number of aromatic amines is 1. The number of guanidine groups is 1. The molecule has 2 heterocycles. The van der Waals surface area contributed by atoms with E-state index in [2.05, 4.69) is 49.8 Å². The topological polar surface area (TPSA) is 55.5 Å². The van der Waals surface area contributed by atoms with Crippen LogP contribution < -0.4 is 10.6 Å². The Balaban J connectivity index is 1.23. The largest absolute Gasteiger partial charge is 0.361 e. The molecule has 0 unspecified atom stereocenters. The van der Waals surface area contributed by atoms with Gasteiger partial charge in [-0.25, -0.2) is 4.39 Å². The first-order valence-corrected chi connectivity index (χ1v) is 10.7. The van der Waals surface area contributed by atoms with Gasteiger partial charge in [0.2, 0.25) is 0 Å². The number of H-pyrrole nitrogens is 1. The fraction of sp³-hybridized carbons (Fsp3) is 0.375. The molecule has 1 aromatic heterocycles. The second-order valence-corrected chi connectivity index (χ2v) is 7.91. The molecule has 0 saturated carbocycles. The molecule has 2 aromatic carbocycles. The number of hydrogen-bond donors (Lipinski definition) is 3. The maximum Gasteiger partial charge on any atom is 0.191 e. The van der Waals surface area contributed by atoms with E-state index < -0.39 is 0 Å². The molecule has 1 aliphatic heterocycles. The number of halogens is 1. The van der Waals surface area contributed by atoms with Gasteiger partial charge in [0.15, 0.2) is 5.96 Å². The molecule has 6 heteroatoms. The number of aliphatic imine (C=N–C) groups is 1. The van der Waals surface area contributed by atoms with Crippen LogP contribution in [0.5, 0.6) is 0 Å². The summed E-state index contributed by atoms with van der Waals surface area (Å²) in [4.78, 5) is 9.97. The Labute approximate surface area is 177 Å². The van der Waals surface area contributed by atoms with Crippen LogP contribution in [0.1, 0.15) is 29.5 Å². The Morgan fingerprint density at radius 1 is 1.07 bits per heavy atom. The Bertz CT molecular complexity index is 987. The Morgan fingerprint density at radius 2 is 1.83 bits per heavy atom. The molecule has 0 aliphatic carbocycles. The summed E-state index contributed by atoms with van der Waals surface area (Å²) in [7, 11) is 1.78. The van der Waals surface area contributed by atoms with E-state index in [1.807, 2.05) is 12.3 Å². The number of likely N-dealkylation sites (tertiary alicyclic amines) is 1. The molecule has 30 heavy (non-hydrogen) atoms. The van der Waals surface area contributed by atoms with Crippen molar-refractivity contribution in [1.82, 2.24) is 20.5 Å². The minimum Gasteiger partial charge on any atom is -0.361 e. The predicted octanol–water partition coefficient (Wildman–Crippen LogP) is 3.81. The van der Waals surface area contributed by atoms with Crippen LogP contribution in [-0.4, -0.2) is 42.5 Å². The van der Waals surface area contributed by atoms with Gasteiger partial charge in [-0.1, -0.05) is 24.3 Å². The normalized spacial score (nSPS) is 15.1. The fourth-order valence-corrected chi connectivity index (χ4v) is 4.05. The van der Waals surface area contributed by atoms with E-state index in [-0.39, 0.29) is 5.82 Å². The molecule has 3 N–H and O–H groups in total. The van der Waals surface area contributed by atoms with Crippen molar-refractivity contribution in [1.29, 1.82) is 0 Å². The summed E-state index contributed by atoms with van der Waals surface area (Å²) in [6, 6.07) is 13.7. The van der Waals surface area contributed by atoms with E-state index in [1.54, 1.807) is 7.05 Å². The van der Waals surface area contributed by atoms with Crippen molar-refractivity contribution >= 4 is 16.9 Å². The molecule has 0 atom stereocenters. The van der Waals surface area contributed by atoms with Gasteiger partial charge in [-0.3, -0.25) is 9.89 Å². The third kappa shape index (κ3) is 5.19. The van der Waals surface area contributed by atoms with Crippen molar-refractivity contribution in [3.8, 4) is 0 Å². The molecule has 4 rings (SSSR count). The standard InChI is InChI=1S/C24H30FN5/c1-26-24(27-11-10-20-16-28-23-14-21(25)8-9-22(20)23)29-15-18-4-6-19(7-5-18)17-30-12-2-3-13-30/h4-9,14,16,28H,2-3,10-13,15,17H2,1H3,(H2,26,27,29). The molecule has 1 aliphatic rings. The lowest BCUT2D eigenvalue weighted by atomic mass is 10.1. The van der Waals surface area contributed by atoms with Crippen molar-refractivity contribution < 1.29 is 4.39 Å². The van der Waals surface area contributed by atoms with Crippen LogP contribution in [0.4, 0.5) is 4.39 Å². The molecule has 0 bridgehead atoms. The van der Waals surface area contributed by atoms with Crippen LogP contribution in [-0.2, 0) is 19.5 Å². The predicted molar refractivity (Wildman–Crippen MR) is 121 cm³/mol. The molecular formula is C24H30FN5. The highest BCUT2D eigenvalue weighted by Crippen LogP contribution is 2.19. The third-order valence-corrected chi connectivity index (χ3v) is 5.73. The number of nitrogens with one attached hydrogen (secondary N) is 3. The quantitative estimate of drug-likeness (QED) is 0.412. The Kier molecular flexibility index (Phi) is 6.64. The molecule has 5 nitrogen and oxygen atoms in total. The summed E-state index contributed by atoms with van der Waals surface area (Å²) in [6.45, 7) is 4.98. The van der Waals surface area contributed by atoms with Gasteiger partial charge < -0.3 is 15.6 Å². The summed E-state index contributed by atoms with van der Waals surface area (Å²) in [5, 5.41) is 7.80. The Morgan fingerprint density at radius 3 is 2.60 bits per heavy atom. The van der Waals surface area contributed by atoms with Gasteiger partial charge in [-0.15, -0.1) is 0 Å². The van der Waals surface area contributed by atoms with Gasteiger partial charge in [-0.2, -0.15) is 0 Å². The monoisotopic (exact) mass is 407 g/mol. The maximum absolute atomic E-state index is 13.3. The first-order valence-electron chi connectivity index (χ1n) is 10.7. The minimum absolute atomic E-state index is 0.220. The number of rotatable bonds is 7. The highest BCUT2D eigenvalue weighted by atomic mass is 19.1. The van der Waals surface area contributed by atoms with E-state index >= 15 is 0 Å². The van der Waals surface area contributed by atoms with Crippen molar-refractivity contribution in [3.05, 3.63) is 71.2 Å². The zero-order valence-electron chi connectivity index (χ0n) is 17.5. The minimum atomic E-state index is -0.220. The van der Waals surface area contributed by atoms with Crippen LogP contribution in [0.3, 0.4) is 0 Å². The van der Waals surface area contributed by atoms with Crippen molar-refractivity contribution in [3.63, 3.8) is 0 Å². The first kappa shape index (κ1) is 20.4. The van der Waals surface area contributed by atoms with Crippen LogP contribution >= 0.6 is 0 Å². The van der Waals surface area contributed by atoms with Crippen LogP contribution in [0.2, 0.25) is 0 Å². The summed E-state index contributed by atoms with van der Waals surface area (Å²) < 4.78 is 13.3. The van der Waals surface area contributed by atoms with Crippen LogP contribution in [0.25, 0.3) is 10.9 Å². The third-order valence-electron chi connectivity index (χ3n) is 5.73. The summed E-state index contributed by atoms with van der Waals surface area (Å²) in [6.07, 6.45) is 5.43. The second kappa shape index (κ2) is 9.76. The lowest BCUT2D eigenvalue weighted by Gasteiger charge is -2.15. The second-order valence-electron chi connectivity index (χ2n) is 7.91. The number of nitrogens with zero attached hydrogens (tertiary/aromatic N) is 2. The smallest absolute Gasteiger partial charge is 0.191 e. The zero-order valence-corrected chi connectivity index (χ0v) is 17.5. The number of aromatic nitrogens is 1. The highest BCUT2D eigenvalue weighted by molar-refractivity contribution is 5.83. The molecule has 158 valence electrons. The molecule has 3 aromatic rings. The van der Waals surface area contributed by atoms with Crippen molar-refractivity contribution in [2.75, 3.05) is 26.7 Å². The lowest BCUT2D eigenvalue weighted by molar-refractivity contribution is 0.331. The number of benzene rings is 2. The van der Waals surface area contributed by atoms with Gasteiger partial charge in [0, 0.05) is 43.8 Å². The van der Waals surface area contributed by atoms with Gasteiger partial charge in [0.25, 0.3) is 0 Å². The van der Waals surface area contributed by atoms with E-state index in [0.717, 1.165) is 42.9 Å². The average Bonchev–Trinajstić information content (AvgIpc) is 3.41. The number of hydrogen-bond acceptors (Lipinski definition) is 2. The molecule has 0 spiro atoms. The van der Waals surface area contributed by atoms with E-state index in [0.29, 0.717) is 0 Å². The average molecular weight is 408 g/mol. The van der Waals surface area contributed by atoms with Gasteiger partial charge in [0.1, 0.15) is 5.82 Å². The van der Waals surface area contributed by atoms with Crippen LogP contribution in [0, 0.1) is 5.82 Å². The molecular weight excluding hydrogens is 377 g/mol. The van der Waals surface area contributed by atoms with Crippen molar-refractivity contribution in [2.24, 2.45) is 4.99 Å². The summed E-state index contributed by atoms with van der Waals surface area (Å²) in [5.74, 6) is 0.560. The molecule has 1 fully saturated rings. The summed E-state index contributed by atoms with van der Waals surface area (Å²) in [5.41, 5.74) is 4.62. The fourth-order valence-electron chi connectivity index (χ4n) is 4.05. The van der Waals surface area contributed by atoms with Gasteiger partial charge in [-0.05, 0) is 67.2 Å². The van der Waals surface area contributed by atoms with E-state index in [9.17, 15) is 4.39 Å². The highest BCUT2D eigenvalue weighted by Gasteiger charge is 2.11. The molecule has 0 radical (unpaired) electrons. The molecule has 0 amide bonds. The van der Waals surface area contributed by atoms with Crippen LogP contribution in [0.15, 0.2) is 53.7 Å². The van der Waals surface area contributed by atoms with Crippen molar-refractivity contribution in [2.45, 2.75) is 32.4 Å². The molecule has 1 saturated heterocycles. The van der Waals surface area contributed by atoms with E-state index in [4.69, 9.17) is 0 Å². The lowest BCUT2D eigenvalue weighted by Crippen LogP contribution is -2.37. The maximum atomic E-state index is 13.3. The zero-order chi connectivity index (χ0) is 20.8. The SMILES string of the molecule is CN=C(NCCc1c[nH]c2cc(F)ccc12)NCc1ccc(CN2CCCC2)cc1. The van der Waals surface area contributed by atoms with E-state index in [1.165, 1.54) is 54.8 Å². The summed E-state index contributed by atoms with van der Waals surface area (Å²) >= 11 is 0. The van der Waals surface area contributed by atoms with Gasteiger partial charge >= 0.3 is 0 Å². The number of fused-ring (bicyclic) bond motifs is 1.